The first-order valence-corrected chi connectivity index (χ1v) is 10.8. The normalized spacial score (nSPS) is 12.5. The van der Waals surface area contributed by atoms with Gasteiger partial charge in [-0.1, -0.05) is 36.4 Å². The number of rotatable bonds is 7. The monoisotopic (exact) mass is 437 g/mol. The van der Waals surface area contributed by atoms with E-state index in [1.54, 1.807) is 4.52 Å². The summed E-state index contributed by atoms with van der Waals surface area (Å²) in [5.74, 6) is 0.791. The standard InChI is InChI=1S/C24H24BN7O/c1-16-6-5-9-19(28-16)24-23(18-10-11-22-26-15-27-32(22)12-18)29-21(30-24)13-31(25)20(14-33)17-7-3-2-4-8-17/h2-12,15,20,33H,13-14,25H2,1H3,(H,29,30)/t20-/m1/s1. The maximum absolute atomic E-state index is 10.1. The summed E-state index contributed by atoms with van der Waals surface area (Å²) in [5.41, 5.74) is 6.16. The second-order valence-corrected chi connectivity index (χ2v) is 8.08. The summed E-state index contributed by atoms with van der Waals surface area (Å²) in [5, 5.41) is 14.3. The molecule has 5 rings (SSSR count). The van der Waals surface area contributed by atoms with Crippen molar-refractivity contribution in [1.29, 1.82) is 0 Å². The largest absolute Gasteiger partial charge is 0.394 e. The predicted octanol–water partition coefficient (Wildman–Crippen LogP) is 2.57. The van der Waals surface area contributed by atoms with Crippen LogP contribution in [0.5, 0.6) is 0 Å². The van der Waals surface area contributed by atoms with Crippen molar-refractivity contribution in [3.8, 4) is 22.6 Å². The average molecular weight is 437 g/mol. The first kappa shape index (κ1) is 21.1. The number of aromatic amines is 1. The van der Waals surface area contributed by atoms with Gasteiger partial charge in [0.25, 0.3) is 0 Å². The molecule has 9 heteroatoms. The molecule has 1 atom stereocenters. The van der Waals surface area contributed by atoms with Gasteiger partial charge in [-0.15, -0.1) is 0 Å². The molecule has 0 aliphatic carbocycles. The molecule has 0 aliphatic rings. The number of imidazole rings is 1. The smallest absolute Gasteiger partial charge is 0.186 e. The fraction of sp³-hybridized carbons (Fsp3) is 0.167. The van der Waals surface area contributed by atoms with Crippen molar-refractivity contribution in [3.63, 3.8) is 0 Å². The van der Waals surface area contributed by atoms with Gasteiger partial charge in [0.15, 0.2) is 13.6 Å². The molecule has 164 valence electrons. The minimum absolute atomic E-state index is 0.0172. The van der Waals surface area contributed by atoms with Gasteiger partial charge >= 0.3 is 0 Å². The number of nitrogens with one attached hydrogen (secondary N) is 1. The van der Waals surface area contributed by atoms with Gasteiger partial charge in [0.1, 0.15) is 17.8 Å². The van der Waals surface area contributed by atoms with Gasteiger partial charge in [0.05, 0.1) is 18.0 Å². The minimum atomic E-state index is -0.133. The SMILES string of the molecule is BN(Cc1nc(-c2cccc(C)n2)c(-c2ccc3ncnn3c2)[nH]1)[C@H](CO)c1ccccc1. The molecule has 0 bridgehead atoms. The van der Waals surface area contributed by atoms with E-state index in [9.17, 15) is 5.11 Å². The zero-order chi connectivity index (χ0) is 22.8. The van der Waals surface area contributed by atoms with Crippen LogP contribution in [0.15, 0.2) is 73.2 Å². The highest BCUT2D eigenvalue weighted by molar-refractivity contribution is 6.04. The van der Waals surface area contributed by atoms with E-state index in [1.165, 1.54) is 6.33 Å². The number of hydrogen-bond donors (Lipinski definition) is 2. The van der Waals surface area contributed by atoms with E-state index < -0.39 is 0 Å². The van der Waals surface area contributed by atoms with Crippen LogP contribution in [-0.2, 0) is 6.54 Å². The lowest BCUT2D eigenvalue weighted by Gasteiger charge is -2.26. The first-order chi connectivity index (χ1) is 16.1. The number of benzene rings is 1. The number of aliphatic hydroxyl groups excluding tert-OH is 1. The summed E-state index contributed by atoms with van der Waals surface area (Å²) in [6.45, 7) is 2.52. The molecule has 5 aromatic rings. The van der Waals surface area contributed by atoms with Crippen LogP contribution in [0.25, 0.3) is 28.3 Å². The lowest BCUT2D eigenvalue weighted by atomic mass is 10.0. The van der Waals surface area contributed by atoms with Crippen molar-refractivity contribution in [1.82, 2.24) is 34.4 Å². The molecule has 0 aliphatic heterocycles. The van der Waals surface area contributed by atoms with Gasteiger partial charge in [-0.25, -0.2) is 14.5 Å². The number of hydrogen-bond acceptors (Lipinski definition) is 6. The summed E-state index contributed by atoms with van der Waals surface area (Å²) in [6.07, 6.45) is 3.47. The molecular formula is C24H24BN7O. The zero-order valence-corrected chi connectivity index (χ0v) is 18.6. The van der Waals surface area contributed by atoms with Crippen LogP contribution in [-0.4, -0.2) is 54.1 Å². The molecule has 1 aromatic carbocycles. The quantitative estimate of drug-likeness (QED) is 0.380. The van der Waals surface area contributed by atoms with Gasteiger partial charge in [0.2, 0.25) is 0 Å². The summed E-state index contributed by atoms with van der Waals surface area (Å²) in [4.78, 5) is 19.5. The molecule has 0 fully saturated rings. The molecule has 0 unspecified atom stereocenters. The summed E-state index contributed by atoms with van der Waals surface area (Å²) < 4.78 is 1.74. The van der Waals surface area contributed by atoms with E-state index in [4.69, 9.17) is 9.97 Å². The molecule has 0 saturated carbocycles. The Bertz CT molecular complexity index is 1380. The third kappa shape index (κ3) is 4.28. The van der Waals surface area contributed by atoms with Crippen LogP contribution in [0.4, 0.5) is 0 Å². The van der Waals surface area contributed by atoms with Gasteiger partial charge in [-0.3, -0.25) is 4.98 Å². The molecule has 2 N–H and O–H groups in total. The summed E-state index contributed by atoms with van der Waals surface area (Å²) in [7, 11) is 1.99. The molecule has 0 radical (unpaired) electrons. The van der Waals surface area contributed by atoms with Crippen LogP contribution in [0.1, 0.15) is 23.1 Å². The molecule has 4 aromatic heterocycles. The van der Waals surface area contributed by atoms with Crippen LogP contribution in [0.2, 0.25) is 0 Å². The third-order valence-corrected chi connectivity index (χ3v) is 5.74. The maximum Gasteiger partial charge on any atom is 0.186 e. The van der Waals surface area contributed by atoms with Crippen molar-refractivity contribution in [2.75, 3.05) is 6.61 Å². The van der Waals surface area contributed by atoms with Crippen LogP contribution < -0.4 is 0 Å². The number of H-pyrrole nitrogens is 1. The Labute approximate surface area is 192 Å². The fourth-order valence-electron chi connectivity index (χ4n) is 4.05. The second-order valence-electron chi connectivity index (χ2n) is 8.08. The highest BCUT2D eigenvalue weighted by Crippen LogP contribution is 2.30. The topological polar surface area (TPSA) is 95.2 Å². The van der Waals surface area contributed by atoms with Crippen molar-refractivity contribution in [3.05, 3.63) is 90.3 Å². The lowest BCUT2D eigenvalue weighted by Crippen LogP contribution is -2.28. The summed E-state index contributed by atoms with van der Waals surface area (Å²) in [6, 6.07) is 19.7. The van der Waals surface area contributed by atoms with E-state index in [-0.39, 0.29) is 12.6 Å². The van der Waals surface area contributed by atoms with Crippen molar-refractivity contribution < 1.29 is 5.11 Å². The van der Waals surface area contributed by atoms with Gasteiger partial charge in [-0.05, 0) is 36.8 Å². The van der Waals surface area contributed by atoms with E-state index in [0.717, 1.165) is 45.4 Å². The molecule has 33 heavy (non-hydrogen) atoms. The molecule has 4 heterocycles. The summed E-state index contributed by atoms with van der Waals surface area (Å²) >= 11 is 0. The molecule has 0 amide bonds. The van der Waals surface area contributed by atoms with Crippen LogP contribution in [0, 0.1) is 6.92 Å². The molecule has 0 spiro atoms. The number of aliphatic hydroxyl groups is 1. The van der Waals surface area contributed by atoms with Gasteiger partial charge in [0, 0.05) is 30.0 Å². The Morgan fingerprint density at radius 3 is 2.70 bits per heavy atom. The highest BCUT2D eigenvalue weighted by atomic mass is 16.3. The number of pyridine rings is 2. The lowest BCUT2D eigenvalue weighted by molar-refractivity contribution is 0.186. The van der Waals surface area contributed by atoms with Gasteiger partial charge < -0.3 is 14.9 Å². The van der Waals surface area contributed by atoms with E-state index in [2.05, 4.69) is 19.9 Å². The number of fused-ring (bicyclic) bond motifs is 1. The van der Waals surface area contributed by atoms with Crippen molar-refractivity contribution >= 4 is 13.6 Å². The second kappa shape index (κ2) is 8.97. The predicted molar refractivity (Wildman–Crippen MR) is 129 cm³/mol. The first-order valence-electron chi connectivity index (χ1n) is 10.8. The van der Waals surface area contributed by atoms with Gasteiger partial charge in [-0.2, -0.15) is 5.10 Å². The van der Waals surface area contributed by atoms with Crippen LogP contribution >= 0.6 is 0 Å². The maximum atomic E-state index is 10.1. The number of aromatic nitrogens is 6. The Hall–Kier alpha value is -3.82. The van der Waals surface area contributed by atoms with Crippen LogP contribution in [0.3, 0.4) is 0 Å². The Morgan fingerprint density at radius 1 is 1.06 bits per heavy atom. The van der Waals surface area contributed by atoms with Crippen molar-refractivity contribution in [2.24, 2.45) is 0 Å². The molecular weight excluding hydrogens is 413 g/mol. The van der Waals surface area contributed by atoms with E-state index in [1.807, 2.05) is 81.8 Å². The Kier molecular flexibility index (Phi) is 5.72. The fourth-order valence-corrected chi connectivity index (χ4v) is 4.05. The number of aryl methyl sites for hydroxylation is 1. The molecule has 0 saturated heterocycles. The Morgan fingerprint density at radius 2 is 1.91 bits per heavy atom. The number of nitrogens with zero attached hydrogens (tertiary/aromatic N) is 6. The average Bonchev–Trinajstić information content (AvgIpc) is 3.47. The van der Waals surface area contributed by atoms with Crippen molar-refractivity contribution in [2.45, 2.75) is 19.5 Å². The van der Waals surface area contributed by atoms with E-state index in [0.29, 0.717) is 6.54 Å². The minimum Gasteiger partial charge on any atom is -0.394 e. The van der Waals surface area contributed by atoms with E-state index >= 15 is 0 Å². The highest BCUT2D eigenvalue weighted by Gasteiger charge is 2.20. The third-order valence-electron chi connectivity index (χ3n) is 5.74. The molecule has 8 nitrogen and oxygen atoms in total. The Balaban J connectivity index is 1.54. The zero-order valence-electron chi connectivity index (χ0n) is 18.6.